The van der Waals surface area contributed by atoms with Gasteiger partial charge in [0.15, 0.2) is 36.3 Å². The zero-order chi connectivity index (χ0) is 18.0. The van der Waals surface area contributed by atoms with Crippen molar-refractivity contribution < 1.29 is 19.1 Å². The van der Waals surface area contributed by atoms with Gasteiger partial charge in [0.05, 0.1) is 5.02 Å². The number of aromatic nitrogens is 2. The van der Waals surface area contributed by atoms with Gasteiger partial charge in [-0.15, -0.1) is 0 Å². The number of rotatable bonds is 0. The lowest BCUT2D eigenvalue weighted by Gasteiger charge is -2.16. The average Bonchev–Trinajstić information content (AvgIpc) is 2.56. The van der Waals surface area contributed by atoms with E-state index in [9.17, 15) is 9.59 Å². The number of ether oxygens (including phenoxy) is 2. The Morgan fingerprint density at radius 2 is 1.56 bits per heavy atom. The Morgan fingerprint density at radius 3 is 2.24 bits per heavy atom. The van der Waals surface area contributed by atoms with Crippen molar-refractivity contribution in [3.8, 4) is 11.5 Å². The Kier molecular flexibility index (Phi) is 5.40. The van der Waals surface area contributed by atoms with Crippen LogP contribution in [0.15, 0.2) is 27.4 Å². The predicted octanol–water partition coefficient (Wildman–Crippen LogP) is 3.00. The van der Waals surface area contributed by atoms with E-state index in [0.29, 0.717) is 37.4 Å². The number of hydrogen-bond acceptors (Lipinski definition) is 6. The number of nitrogens with zero attached hydrogens (tertiary/aromatic N) is 2. The van der Waals surface area contributed by atoms with Crippen molar-refractivity contribution in [1.82, 2.24) is 9.97 Å². The lowest BCUT2D eigenvalue weighted by Crippen LogP contribution is -2.26. The molecule has 0 unspecified atom stereocenters. The van der Waals surface area contributed by atoms with Crippen LogP contribution < -0.4 is 20.1 Å². The summed E-state index contributed by atoms with van der Waals surface area (Å²) in [6.07, 6.45) is 0. The molecule has 0 saturated carbocycles. The summed E-state index contributed by atoms with van der Waals surface area (Å²) < 4.78 is 11.3. The van der Waals surface area contributed by atoms with Crippen molar-refractivity contribution in [3.63, 3.8) is 0 Å². The zero-order valence-electron chi connectivity index (χ0n) is 12.3. The molecule has 0 atom stereocenters. The van der Waals surface area contributed by atoms with Crippen LogP contribution in [-0.2, 0) is 9.59 Å². The fraction of sp³-hybridized carbons (Fsp3) is 0.143. The van der Waals surface area contributed by atoms with Gasteiger partial charge in [-0.25, -0.2) is 9.97 Å². The summed E-state index contributed by atoms with van der Waals surface area (Å²) in [5, 5.41) is 5.61. The number of nitrogens with one attached hydrogen (secondary N) is 2. The number of hydrogen-bond donors (Lipinski definition) is 2. The van der Waals surface area contributed by atoms with Crippen LogP contribution in [0.5, 0.6) is 11.5 Å². The van der Waals surface area contributed by atoms with Gasteiger partial charge in [0, 0.05) is 6.07 Å². The standard InChI is InChI=1S/C7H4BrClN2O2.C7H5BrN2O2/c8-6-3(9)1-4-7(11-6)10-5(12)2-13-4;8-5-2-1-4-7(9-5)10-6(11)3-12-4/h1H,2H2,(H,10,11,12);1-2H,3H2,(H,9,10,11). The first-order valence-electron chi connectivity index (χ1n) is 6.80. The smallest absolute Gasteiger partial charge is 0.263 e. The minimum absolute atomic E-state index is 0.00659. The van der Waals surface area contributed by atoms with Crippen LogP contribution in [0.2, 0.25) is 5.02 Å². The minimum Gasteiger partial charge on any atom is -0.480 e. The molecule has 2 aliphatic rings. The van der Waals surface area contributed by atoms with E-state index < -0.39 is 0 Å². The molecule has 25 heavy (non-hydrogen) atoms. The fourth-order valence-corrected chi connectivity index (χ4v) is 2.64. The normalized spacial score (nSPS) is 14.5. The molecule has 2 aromatic heterocycles. The van der Waals surface area contributed by atoms with Gasteiger partial charge in [0.2, 0.25) is 0 Å². The Balaban J connectivity index is 0.000000146. The van der Waals surface area contributed by atoms with E-state index in [-0.39, 0.29) is 25.0 Å². The van der Waals surface area contributed by atoms with Gasteiger partial charge < -0.3 is 20.1 Å². The molecule has 0 aliphatic carbocycles. The van der Waals surface area contributed by atoms with Crippen LogP contribution in [0.1, 0.15) is 0 Å². The van der Waals surface area contributed by atoms with Gasteiger partial charge in [-0.05, 0) is 44.0 Å². The number of pyridine rings is 2. The summed E-state index contributed by atoms with van der Waals surface area (Å²) in [5.41, 5.74) is 0. The van der Waals surface area contributed by atoms with Crippen LogP contribution in [0.3, 0.4) is 0 Å². The first kappa shape index (κ1) is 17.9. The number of fused-ring (bicyclic) bond motifs is 2. The highest BCUT2D eigenvalue weighted by Crippen LogP contribution is 2.32. The zero-order valence-corrected chi connectivity index (χ0v) is 16.2. The molecule has 0 saturated heterocycles. The van der Waals surface area contributed by atoms with Gasteiger partial charge in [-0.1, -0.05) is 11.6 Å². The van der Waals surface area contributed by atoms with Crippen LogP contribution in [0.4, 0.5) is 11.6 Å². The number of carbonyl (C=O) groups is 2. The van der Waals surface area contributed by atoms with Crippen molar-refractivity contribution >= 4 is 66.9 Å². The maximum atomic E-state index is 10.9. The fourth-order valence-electron chi connectivity index (χ4n) is 1.90. The third-order valence-electron chi connectivity index (χ3n) is 2.96. The van der Waals surface area contributed by atoms with E-state index in [1.807, 2.05) is 0 Å². The van der Waals surface area contributed by atoms with Gasteiger partial charge in [0.1, 0.15) is 9.21 Å². The first-order chi connectivity index (χ1) is 11.9. The number of halogens is 3. The number of carbonyl (C=O) groups excluding carboxylic acids is 2. The molecular weight excluding hydrogens is 483 g/mol. The SMILES string of the molecule is O=C1COc2cc(Cl)c(Br)nc2N1.O=C1COc2ccc(Br)nc2N1. The second-order valence-electron chi connectivity index (χ2n) is 4.76. The molecule has 0 aromatic carbocycles. The van der Waals surface area contributed by atoms with Crippen LogP contribution in [-0.4, -0.2) is 35.0 Å². The van der Waals surface area contributed by atoms with E-state index in [2.05, 4.69) is 52.5 Å². The Labute approximate surface area is 163 Å². The van der Waals surface area contributed by atoms with E-state index in [4.69, 9.17) is 21.1 Å². The molecular formula is C14H9Br2ClN4O4. The van der Waals surface area contributed by atoms with Crippen molar-refractivity contribution in [1.29, 1.82) is 0 Å². The maximum absolute atomic E-state index is 10.9. The Morgan fingerprint density at radius 1 is 0.960 bits per heavy atom. The molecule has 8 nitrogen and oxygen atoms in total. The second kappa shape index (κ2) is 7.54. The molecule has 2 aliphatic heterocycles. The molecule has 0 spiro atoms. The predicted molar refractivity (Wildman–Crippen MR) is 97.1 cm³/mol. The van der Waals surface area contributed by atoms with Crippen LogP contribution in [0.25, 0.3) is 0 Å². The number of amides is 2. The number of anilines is 2. The van der Waals surface area contributed by atoms with Crippen molar-refractivity contribution in [2.45, 2.75) is 0 Å². The molecule has 0 radical (unpaired) electrons. The minimum atomic E-state index is -0.214. The third kappa shape index (κ3) is 4.39. The highest BCUT2D eigenvalue weighted by atomic mass is 79.9. The molecule has 130 valence electrons. The quantitative estimate of drug-likeness (QED) is 0.549. The lowest BCUT2D eigenvalue weighted by atomic mass is 10.4. The summed E-state index contributed by atoms with van der Waals surface area (Å²) in [6.45, 7) is 0.0724. The van der Waals surface area contributed by atoms with Gasteiger partial charge in [-0.2, -0.15) is 0 Å². The highest BCUT2D eigenvalue weighted by Gasteiger charge is 2.19. The lowest BCUT2D eigenvalue weighted by molar-refractivity contribution is -0.119. The summed E-state index contributed by atoms with van der Waals surface area (Å²) in [7, 11) is 0. The first-order valence-corrected chi connectivity index (χ1v) is 8.76. The van der Waals surface area contributed by atoms with Crippen LogP contribution >= 0.6 is 43.5 Å². The van der Waals surface area contributed by atoms with Crippen LogP contribution in [0, 0.1) is 0 Å². The molecule has 2 N–H and O–H groups in total. The molecule has 0 fully saturated rings. The topological polar surface area (TPSA) is 102 Å². The van der Waals surface area contributed by atoms with Crippen molar-refractivity contribution in [2.24, 2.45) is 0 Å². The van der Waals surface area contributed by atoms with E-state index in [1.165, 1.54) is 0 Å². The third-order valence-corrected chi connectivity index (χ3v) is 4.52. The largest absolute Gasteiger partial charge is 0.480 e. The highest BCUT2D eigenvalue weighted by molar-refractivity contribution is 9.10. The Bertz CT molecular complexity index is 865. The van der Waals surface area contributed by atoms with Gasteiger partial charge in [-0.3, -0.25) is 9.59 Å². The van der Waals surface area contributed by atoms with Gasteiger partial charge in [0.25, 0.3) is 11.8 Å². The second-order valence-corrected chi connectivity index (χ2v) is 6.73. The summed E-state index contributed by atoms with van der Waals surface area (Å²) in [5.74, 6) is 1.58. The van der Waals surface area contributed by atoms with Crippen molar-refractivity contribution in [3.05, 3.63) is 32.4 Å². The van der Waals surface area contributed by atoms with E-state index in [0.717, 1.165) is 0 Å². The molecule has 4 heterocycles. The van der Waals surface area contributed by atoms with E-state index >= 15 is 0 Å². The van der Waals surface area contributed by atoms with Gasteiger partial charge >= 0.3 is 0 Å². The maximum Gasteiger partial charge on any atom is 0.263 e. The molecule has 2 aromatic rings. The molecule has 4 rings (SSSR count). The van der Waals surface area contributed by atoms with E-state index in [1.54, 1.807) is 18.2 Å². The monoisotopic (exact) mass is 490 g/mol. The molecule has 11 heteroatoms. The molecule has 0 bridgehead atoms. The summed E-state index contributed by atoms with van der Waals surface area (Å²) in [6, 6.07) is 5.12. The summed E-state index contributed by atoms with van der Waals surface area (Å²) in [4.78, 5) is 29.8. The molecule has 2 amide bonds. The summed E-state index contributed by atoms with van der Waals surface area (Å²) >= 11 is 12.1. The average molecular weight is 493 g/mol. The van der Waals surface area contributed by atoms with Crippen molar-refractivity contribution in [2.75, 3.05) is 23.8 Å². The Hall–Kier alpha value is -1.91.